The van der Waals surface area contributed by atoms with Crippen molar-refractivity contribution in [2.45, 2.75) is 13.8 Å². The van der Waals surface area contributed by atoms with Crippen molar-refractivity contribution in [3.05, 3.63) is 60.2 Å². The van der Waals surface area contributed by atoms with E-state index in [1.807, 2.05) is 61.3 Å². The van der Waals surface area contributed by atoms with Crippen molar-refractivity contribution in [2.24, 2.45) is 4.99 Å². The highest BCUT2D eigenvalue weighted by Gasteiger charge is 2.08. The predicted molar refractivity (Wildman–Crippen MR) is 90.0 cm³/mol. The Kier molecular flexibility index (Phi) is 5.31. The minimum atomic E-state index is -0.300. The van der Waals surface area contributed by atoms with Gasteiger partial charge in [-0.2, -0.15) is 0 Å². The largest absolute Gasteiger partial charge is 0.462 e. The van der Waals surface area contributed by atoms with Crippen LogP contribution in [0.25, 0.3) is 0 Å². The van der Waals surface area contributed by atoms with E-state index in [0.29, 0.717) is 12.2 Å². The highest BCUT2D eigenvalue weighted by Crippen LogP contribution is 2.17. The van der Waals surface area contributed by atoms with Crippen LogP contribution in [-0.2, 0) is 4.74 Å². The Hall–Kier alpha value is -2.62. The highest BCUT2D eigenvalue weighted by atomic mass is 16.5. The van der Waals surface area contributed by atoms with Crippen LogP contribution in [0.5, 0.6) is 0 Å². The lowest BCUT2D eigenvalue weighted by Gasteiger charge is -2.19. The molecule has 0 amide bonds. The van der Waals surface area contributed by atoms with E-state index < -0.39 is 0 Å². The van der Waals surface area contributed by atoms with Gasteiger partial charge in [-0.15, -0.1) is 0 Å². The van der Waals surface area contributed by atoms with Crippen LogP contribution in [0.1, 0.15) is 24.2 Å². The Labute approximate surface area is 131 Å². The van der Waals surface area contributed by atoms with Crippen LogP contribution in [0.15, 0.2) is 59.6 Å². The molecule has 2 aromatic rings. The highest BCUT2D eigenvalue weighted by molar-refractivity contribution is 5.97. The quantitative estimate of drug-likeness (QED) is 0.485. The minimum Gasteiger partial charge on any atom is -0.462 e. The average Bonchev–Trinajstić information content (AvgIpc) is 2.55. The molecule has 0 N–H and O–H groups in total. The van der Waals surface area contributed by atoms with Gasteiger partial charge in [-0.1, -0.05) is 18.2 Å². The van der Waals surface area contributed by atoms with Gasteiger partial charge < -0.3 is 9.64 Å². The number of hydrogen-bond acceptors (Lipinski definition) is 3. The molecule has 0 fully saturated rings. The number of hydrogen-bond donors (Lipinski definition) is 0. The Morgan fingerprint density at radius 3 is 2.32 bits per heavy atom. The van der Waals surface area contributed by atoms with Crippen LogP contribution < -0.4 is 4.90 Å². The van der Waals surface area contributed by atoms with Crippen molar-refractivity contribution in [1.82, 2.24) is 0 Å². The Bertz CT molecular complexity index is 649. The fourth-order valence-corrected chi connectivity index (χ4v) is 1.99. The SMILES string of the molecule is CCOC(=O)c1ccc(N(C)C(C)=Nc2ccccc2)cc1. The first-order chi connectivity index (χ1) is 10.6. The van der Waals surface area contributed by atoms with E-state index in [4.69, 9.17) is 4.74 Å². The summed E-state index contributed by atoms with van der Waals surface area (Å²) in [4.78, 5) is 18.2. The number of rotatable bonds is 4. The second-order valence-corrected chi connectivity index (χ2v) is 4.82. The average molecular weight is 296 g/mol. The molecule has 2 aromatic carbocycles. The Morgan fingerprint density at radius 2 is 1.73 bits per heavy atom. The molecule has 0 heterocycles. The maximum Gasteiger partial charge on any atom is 0.338 e. The Balaban J connectivity index is 2.14. The van der Waals surface area contributed by atoms with Crippen LogP contribution >= 0.6 is 0 Å². The number of para-hydroxylation sites is 1. The standard InChI is InChI=1S/C18H20N2O2/c1-4-22-18(21)15-10-12-17(13-11-15)20(3)14(2)19-16-8-6-5-7-9-16/h5-13H,4H2,1-3H3. The molecule has 0 atom stereocenters. The number of nitrogens with zero attached hydrogens (tertiary/aromatic N) is 2. The lowest BCUT2D eigenvalue weighted by Crippen LogP contribution is -2.23. The van der Waals surface area contributed by atoms with Crippen LogP contribution in [0, 0.1) is 0 Å². The van der Waals surface area contributed by atoms with Gasteiger partial charge >= 0.3 is 5.97 Å². The molecule has 22 heavy (non-hydrogen) atoms. The van der Waals surface area contributed by atoms with Crippen LogP contribution in [0.2, 0.25) is 0 Å². The Morgan fingerprint density at radius 1 is 1.09 bits per heavy atom. The van der Waals surface area contributed by atoms with Gasteiger partial charge in [-0.25, -0.2) is 9.79 Å². The molecule has 0 unspecified atom stereocenters. The molecule has 0 aliphatic heterocycles. The summed E-state index contributed by atoms with van der Waals surface area (Å²) in [6, 6.07) is 17.1. The maximum absolute atomic E-state index is 11.6. The number of carbonyl (C=O) groups is 1. The molecule has 0 aliphatic carbocycles. The molecule has 114 valence electrons. The van der Waals surface area contributed by atoms with E-state index in [-0.39, 0.29) is 5.97 Å². The van der Waals surface area contributed by atoms with E-state index in [0.717, 1.165) is 17.2 Å². The summed E-state index contributed by atoms with van der Waals surface area (Å²) < 4.78 is 4.98. The summed E-state index contributed by atoms with van der Waals surface area (Å²) in [6.45, 7) is 4.12. The van der Waals surface area contributed by atoms with Gasteiger partial charge in [0.05, 0.1) is 17.9 Å². The third kappa shape index (κ3) is 3.95. The first kappa shape index (κ1) is 15.8. The third-order valence-electron chi connectivity index (χ3n) is 3.30. The second kappa shape index (κ2) is 7.41. The zero-order valence-electron chi connectivity index (χ0n) is 13.1. The monoisotopic (exact) mass is 296 g/mol. The fraction of sp³-hybridized carbons (Fsp3) is 0.222. The van der Waals surface area contributed by atoms with Crippen molar-refractivity contribution in [3.63, 3.8) is 0 Å². The molecule has 4 nitrogen and oxygen atoms in total. The topological polar surface area (TPSA) is 41.9 Å². The lowest BCUT2D eigenvalue weighted by atomic mass is 10.2. The van der Waals surface area contributed by atoms with E-state index >= 15 is 0 Å². The van der Waals surface area contributed by atoms with Gasteiger partial charge in [0.1, 0.15) is 5.84 Å². The molecule has 0 saturated heterocycles. The van der Waals surface area contributed by atoms with Crippen molar-refractivity contribution < 1.29 is 9.53 Å². The number of esters is 1. The molecule has 0 aromatic heterocycles. The summed E-state index contributed by atoms with van der Waals surface area (Å²) >= 11 is 0. The number of ether oxygens (including phenoxy) is 1. The zero-order valence-corrected chi connectivity index (χ0v) is 13.1. The predicted octanol–water partition coefficient (Wildman–Crippen LogP) is 4.05. The minimum absolute atomic E-state index is 0.300. The molecule has 4 heteroatoms. The van der Waals surface area contributed by atoms with Gasteiger partial charge in [0.25, 0.3) is 0 Å². The van der Waals surface area contributed by atoms with E-state index in [9.17, 15) is 4.79 Å². The third-order valence-corrected chi connectivity index (χ3v) is 3.30. The number of benzene rings is 2. The summed E-state index contributed by atoms with van der Waals surface area (Å²) in [5.74, 6) is 0.571. The van der Waals surface area contributed by atoms with E-state index in [1.54, 1.807) is 19.1 Å². The molecule has 2 rings (SSSR count). The molecular formula is C18H20N2O2. The summed E-state index contributed by atoms with van der Waals surface area (Å²) in [5.41, 5.74) is 2.43. The van der Waals surface area contributed by atoms with Gasteiger partial charge in [-0.05, 0) is 50.2 Å². The maximum atomic E-state index is 11.6. The molecule has 0 spiro atoms. The van der Waals surface area contributed by atoms with Gasteiger partial charge in [-0.3, -0.25) is 0 Å². The van der Waals surface area contributed by atoms with Gasteiger partial charge in [0.2, 0.25) is 0 Å². The smallest absolute Gasteiger partial charge is 0.338 e. The molecular weight excluding hydrogens is 276 g/mol. The normalized spacial score (nSPS) is 11.1. The zero-order chi connectivity index (χ0) is 15.9. The van der Waals surface area contributed by atoms with E-state index in [1.165, 1.54) is 0 Å². The van der Waals surface area contributed by atoms with Crippen molar-refractivity contribution in [1.29, 1.82) is 0 Å². The van der Waals surface area contributed by atoms with E-state index in [2.05, 4.69) is 4.99 Å². The number of aliphatic imine (C=N–C) groups is 1. The number of amidine groups is 1. The lowest BCUT2D eigenvalue weighted by molar-refractivity contribution is 0.0526. The van der Waals surface area contributed by atoms with Crippen LogP contribution in [0.4, 0.5) is 11.4 Å². The van der Waals surface area contributed by atoms with Gasteiger partial charge in [0, 0.05) is 12.7 Å². The van der Waals surface area contributed by atoms with Crippen molar-refractivity contribution in [2.75, 3.05) is 18.6 Å². The van der Waals surface area contributed by atoms with Crippen molar-refractivity contribution in [3.8, 4) is 0 Å². The number of anilines is 1. The summed E-state index contributed by atoms with van der Waals surface area (Å²) in [6.07, 6.45) is 0. The molecule has 0 radical (unpaired) electrons. The van der Waals surface area contributed by atoms with Crippen LogP contribution in [-0.4, -0.2) is 25.5 Å². The fourth-order valence-electron chi connectivity index (χ4n) is 1.99. The molecule has 0 aliphatic rings. The summed E-state index contributed by atoms with van der Waals surface area (Å²) in [7, 11) is 1.95. The van der Waals surface area contributed by atoms with Gasteiger partial charge in [0.15, 0.2) is 0 Å². The molecule has 0 bridgehead atoms. The van der Waals surface area contributed by atoms with Crippen molar-refractivity contribution >= 4 is 23.2 Å². The molecule has 0 saturated carbocycles. The first-order valence-electron chi connectivity index (χ1n) is 7.23. The summed E-state index contributed by atoms with van der Waals surface area (Å²) in [5, 5.41) is 0. The number of carbonyl (C=O) groups excluding carboxylic acids is 1. The first-order valence-corrected chi connectivity index (χ1v) is 7.23. The van der Waals surface area contributed by atoms with Crippen LogP contribution in [0.3, 0.4) is 0 Å². The second-order valence-electron chi connectivity index (χ2n) is 4.82.